The van der Waals surface area contributed by atoms with Gasteiger partial charge in [-0.3, -0.25) is 4.55 Å². The van der Waals surface area contributed by atoms with Gasteiger partial charge in [-0.2, -0.15) is 8.42 Å². The summed E-state index contributed by atoms with van der Waals surface area (Å²) >= 11 is 0. The zero-order chi connectivity index (χ0) is 17.8. The number of hydrogen-bond acceptors (Lipinski definition) is 6. The molecule has 1 aromatic carbocycles. The van der Waals surface area contributed by atoms with E-state index < -0.39 is 26.6 Å². The van der Waals surface area contributed by atoms with E-state index in [4.69, 9.17) is 4.74 Å². The number of hydrogen-bond donors (Lipinski definition) is 3. The van der Waals surface area contributed by atoms with Crippen molar-refractivity contribution in [3.05, 3.63) is 23.3 Å². The molecule has 1 aromatic rings. The van der Waals surface area contributed by atoms with Gasteiger partial charge in [0.2, 0.25) is 4.93 Å². The van der Waals surface area contributed by atoms with E-state index >= 15 is 0 Å². The summed E-state index contributed by atoms with van der Waals surface area (Å²) < 4.78 is 39.9. The molecular weight excluding hydrogens is 369 g/mol. The maximum Gasteiger partial charge on any atom is 0.298 e. The van der Waals surface area contributed by atoms with Crippen LogP contribution in [0.5, 0.6) is 11.5 Å². The third-order valence-electron chi connectivity index (χ3n) is 7.06. The molecule has 4 aliphatic rings. The molecule has 2 fully saturated rings. The van der Waals surface area contributed by atoms with E-state index in [1.54, 1.807) is 6.07 Å². The van der Waals surface area contributed by atoms with Crippen molar-refractivity contribution in [3.8, 4) is 11.5 Å². The smallest absolute Gasteiger partial charge is 0.298 e. The molecule has 2 aliphatic heterocycles. The quantitative estimate of drug-likeness (QED) is 0.466. The molecule has 137 valence electrons. The Morgan fingerprint density at radius 2 is 2.04 bits per heavy atom. The molecule has 3 N–H and O–H groups in total. The maximum atomic E-state index is 12.1. The van der Waals surface area contributed by atoms with Gasteiger partial charge in [0.1, 0.15) is 0 Å². The molecule has 2 heterocycles. The van der Waals surface area contributed by atoms with Crippen molar-refractivity contribution in [2.24, 2.45) is 5.92 Å². The molecule has 26 heavy (non-hydrogen) atoms. The molecule has 9 heteroatoms. The molecule has 5 rings (SSSR count). The SMILES string of the molecule is CN1CC[C@]23c4c5ccc(O)c4O[C@H]2C(O)(S(=O)(=O)O)CC[C@H]3[C@H]1C5.[Na]. The van der Waals surface area contributed by atoms with E-state index in [0.717, 1.165) is 24.1 Å². The van der Waals surface area contributed by atoms with Crippen molar-refractivity contribution >= 4 is 39.7 Å². The summed E-state index contributed by atoms with van der Waals surface area (Å²) in [7, 11) is -2.67. The second-order valence-electron chi connectivity index (χ2n) is 7.95. The normalized spacial score (nSPS) is 40.3. The minimum Gasteiger partial charge on any atom is -0.504 e. The van der Waals surface area contributed by atoms with E-state index in [1.807, 2.05) is 6.07 Å². The number of ether oxygens (including phenoxy) is 1. The minimum absolute atomic E-state index is 0. The Hall–Kier alpha value is -0.350. The molecular formula is C17H21NNaO6S. The van der Waals surface area contributed by atoms with Crippen LogP contribution in [0.1, 0.15) is 30.4 Å². The largest absolute Gasteiger partial charge is 0.504 e. The zero-order valence-electron chi connectivity index (χ0n) is 14.8. The van der Waals surface area contributed by atoms with Crippen molar-refractivity contribution in [2.45, 2.75) is 48.2 Å². The molecule has 1 radical (unpaired) electrons. The minimum atomic E-state index is -4.74. The van der Waals surface area contributed by atoms with E-state index in [-0.39, 0.29) is 59.4 Å². The predicted molar refractivity (Wildman–Crippen MR) is 93.9 cm³/mol. The van der Waals surface area contributed by atoms with Gasteiger partial charge in [-0.05, 0) is 56.8 Å². The van der Waals surface area contributed by atoms with Crippen LogP contribution in [0.3, 0.4) is 0 Å². The third-order valence-corrected chi connectivity index (χ3v) is 8.37. The van der Waals surface area contributed by atoms with Crippen LogP contribution in [-0.4, -0.2) is 88.3 Å². The van der Waals surface area contributed by atoms with Crippen LogP contribution in [0.4, 0.5) is 0 Å². The zero-order valence-corrected chi connectivity index (χ0v) is 17.7. The second kappa shape index (κ2) is 5.59. The monoisotopic (exact) mass is 390 g/mol. The summed E-state index contributed by atoms with van der Waals surface area (Å²) in [5, 5.41) is 21.3. The molecule has 1 saturated heterocycles. The van der Waals surface area contributed by atoms with E-state index in [2.05, 4.69) is 11.9 Å². The summed E-state index contributed by atoms with van der Waals surface area (Å²) in [6.07, 6.45) is 0.742. The van der Waals surface area contributed by atoms with Gasteiger partial charge in [0.15, 0.2) is 17.6 Å². The number of phenolic OH excluding ortho intramolecular Hbond substituents is 1. The van der Waals surface area contributed by atoms with E-state index in [9.17, 15) is 23.2 Å². The fraction of sp³-hybridized carbons (Fsp3) is 0.647. The van der Waals surface area contributed by atoms with Gasteiger partial charge in [-0.15, -0.1) is 0 Å². The van der Waals surface area contributed by atoms with Crippen molar-refractivity contribution in [1.29, 1.82) is 0 Å². The molecule has 0 amide bonds. The van der Waals surface area contributed by atoms with Crippen LogP contribution in [-0.2, 0) is 22.0 Å². The number of aromatic hydroxyl groups is 1. The summed E-state index contributed by atoms with van der Waals surface area (Å²) in [4.78, 5) is -0.0668. The standard InChI is InChI=1S/C17H21NO6S.Na/c1-18-7-6-16-10-4-5-17(20,25(21,22)23)15(16)24-14-12(19)3-2-9(13(14)16)8-11(10)18;/h2-3,10-11,15,19-20H,4-8H2,1H3,(H,21,22,23);/t10-,11+,15+,16-,17?;/m0./s1. The van der Waals surface area contributed by atoms with E-state index in [1.165, 1.54) is 0 Å². The van der Waals surface area contributed by atoms with Crippen LogP contribution in [0.2, 0.25) is 0 Å². The topological polar surface area (TPSA) is 107 Å². The van der Waals surface area contributed by atoms with Crippen LogP contribution < -0.4 is 4.74 Å². The maximum absolute atomic E-state index is 12.1. The number of phenols is 1. The fourth-order valence-corrected chi connectivity index (χ4v) is 6.90. The molecule has 1 unspecified atom stereocenters. The van der Waals surface area contributed by atoms with Crippen molar-refractivity contribution in [2.75, 3.05) is 13.6 Å². The number of nitrogens with zero attached hydrogens (tertiary/aromatic N) is 1. The molecule has 2 aliphatic carbocycles. The van der Waals surface area contributed by atoms with Gasteiger partial charge >= 0.3 is 0 Å². The Morgan fingerprint density at radius 1 is 1.31 bits per heavy atom. The summed E-state index contributed by atoms with van der Waals surface area (Å²) in [5.41, 5.74) is 1.18. The van der Waals surface area contributed by atoms with Crippen LogP contribution in [0, 0.1) is 5.92 Å². The van der Waals surface area contributed by atoms with E-state index in [0.29, 0.717) is 12.8 Å². The molecule has 5 atom stereocenters. The Kier molecular flexibility index (Phi) is 4.08. The molecule has 1 saturated carbocycles. The van der Waals surface area contributed by atoms with Crippen molar-refractivity contribution < 1.29 is 27.9 Å². The Morgan fingerprint density at radius 3 is 2.73 bits per heavy atom. The first kappa shape index (κ1) is 19.0. The first-order valence-electron chi connectivity index (χ1n) is 8.62. The van der Waals surface area contributed by atoms with Gasteiger partial charge < -0.3 is 19.8 Å². The Bertz CT molecular complexity index is 891. The first-order valence-corrected chi connectivity index (χ1v) is 10.1. The molecule has 7 nitrogen and oxygen atoms in total. The summed E-state index contributed by atoms with van der Waals surface area (Å²) in [6.45, 7) is 0.747. The van der Waals surface area contributed by atoms with Gasteiger partial charge in [0, 0.05) is 46.6 Å². The van der Waals surface area contributed by atoms with Crippen LogP contribution >= 0.6 is 0 Å². The third kappa shape index (κ3) is 2.01. The van der Waals surface area contributed by atoms with Gasteiger partial charge in [-0.25, -0.2) is 0 Å². The average Bonchev–Trinajstić information content (AvgIpc) is 2.90. The Labute approximate surface area is 174 Å². The second-order valence-corrected chi connectivity index (χ2v) is 9.61. The Balaban J connectivity index is 0.00000168. The number of piperidine rings is 1. The van der Waals surface area contributed by atoms with Crippen molar-refractivity contribution in [3.63, 3.8) is 0 Å². The molecule has 1 spiro atoms. The number of aliphatic hydroxyl groups is 1. The molecule has 0 aromatic heterocycles. The summed E-state index contributed by atoms with van der Waals surface area (Å²) in [6, 6.07) is 3.66. The van der Waals surface area contributed by atoms with Crippen molar-refractivity contribution in [1.82, 2.24) is 4.90 Å². The van der Waals surface area contributed by atoms with Gasteiger partial charge in [0.05, 0.1) is 0 Å². The number of likely N-dealkylation sites (tertiary alicyclic amines) is 1. The van der Waals surface area contributed by atoms with Gasteiger partial charge in [-0.1, -0.05) is 6.07 Å². The van der Waals surface area contributed by atoms with Crippen LogP contribution in [0.25, 0.3) is 0 Å². The average molecular weight is 390 g/mol. The van der Waals surface area contributed by atoms with Gasteiger partial charge in [0.25, 0.3) is 10.1 Å². The van der Waals surface area contributed by atoms with Crippen LogP contribution in [0.15, 0.2) is 12.1 Å². The fourth-order valence-electron chi connectivity index (χ4n) is 5.99. The number of rotatable bonds is 1. The number of benzene rings is 1. The molecule has 2 bridgehead atoms. The summed E-state index contributed by atoms with van der Waals surface area (Å²) in [5.74, 6) is 0.352. The predicted octanol–water partition coefficient (Wildman–Crippen LogP) is 0.257. The number of likely N-dealkylation sites (N-methyl/N-ethyl adjacent to an activating group) is 1. The first-order chi connectivity index (χ1) is 11.7.